The van der Waals surface area contributed by atoms with Gasteiger partial charge in [-0.3, -0.25) is 0 Å². The highest BCUT2D eigenvalue weighted by Gasteiger charge is 2.34. The quantitative estimate of drug-likeness (QED) is 0.482. The molecule has 0 atom stereocenters. The van der Waals surface area contributed by atoms with E-state index in [1.54, 1.807) is 0 Å². The summed E-state index contributed by atoms with van der Waals surface area (Å²) in [4.78, 5) is 11.1. The monoisotopic (exact) mass is 404 g/mol. The SMILES string of the molecule is O=c1cc(C(F)(F)F)c2ccc(OS(=O)(=O)c3ccccc3Cl)cc2o1. The van der Waals surface area contributed by atoms with Crippen LogP contribution in [0.15, 0.2) is 62.6 Å². The van der Waals surface area contributed by atoms with Crippen LogP contribution in [0.2, 0.25) is 5.02 Å². The number of benzene rings is 2. The molecule has 0 aliphatic heterocycles. The summed E-state index contributed by atoms with van der Waals surface area (Å²) in [6.07, 6.45) is -4.78. The van der Waals surface area contributed by atoms with Gasteiger partial charge in [-0.05, 0) is 24.3 Å². The summed E-state index contributed by atoms with van der Waals surface area (Å²) in [5, 5.41) is -0.487. The standard InChI is InChI=1S/C16H8ClF3O5S/c17-12-3-1-2-4-14(12)26(22,23)25-9-5-6-10-11(16(18,19)20)8-15(21)24-13(10)7-9/h1-8H. The molecule has 1 heterocycles. The summed E-state index contributed by atoms with van der Waals surface area (Å²) in [6.45, 7) is 0. The first kappa shape index (κ1) is 18.3. The zero-order valence-electron chi connectivity index (χ0n) is 12.6. The first-order valence-electron chi connectivity index (χ1n) is 6.92. The Morgan fingerprint density at radius 2 is 1.73 bits per heavy atom. The van der Waals surface area contributed by atoms with Crippen molar-refractivity contribution in [3.8, 4) is 5.75 Å². The first-order chi connectivity index (χ1) is 12.1. The lowest BCUT2D eigenvalue weighted by Crippen LogP contribution is -2.12. The molecule has 0 saturated heterocycles. The van der Waals surface area contributed by atoms with E-state index >= 15 is 0 Å². The van der Waals surface area contributed by atoms with Gasteiger partial charge in [0.15, 0.2) is 0 Å². The van der Waals surface area contributed by atoms with Gasteiger partial charge in [0.25, 0.3) is 0 Å². The van der Waals surface area contributed by atoms with E-state index in [0.717, 1.165) is 18.2 Å². The van der Waals surface area contributed by atoms with E-state index in [0.29, 0.717) is 6.07 Å². The Bertz CT molecular complexity index is 1150. The van der Waals surface area contributed by atoms with E-state index in [4.69, 9.17) is 20.2 Å². The Morgan fingerprint density at radius 1 is 1.04 bits per heavy atom. The molecule has 0 saturated carbocycles. The molecule has 26 heavy (non-hydrogen) atoms. The number of fused-ring (bicyclic) bond motifs is 1. The lowest BCUT2D eigenvalue weighted by molar-refractivity contribution is -0.136. The van der Waals surface area contributed by atoms with Crippen molar-refractivity contribution in [2.24, 2.45) is 0 Å². The molecule has 3 rings (SSSR count). The summed E-state index contributed by atoms with van der Waals surface area (Å²) in [5.41, 5.74) is -2.88. The normalized spacial score (nSPS) is 12.3. The lowest BCUT2D eigenvalue weighted by atomic mass is 10.1. The van der Waals surface area contributed by atoms with Gasteiger partial charge in [-0.1, -0.05) is 23.7 Å². The minimum atomic E-state index is -4.78. The third-order valence-electron chi connectivity index (χ3n) is 3.33. The molecule has 0 unspecified atom stereocenters. The molecule has 0 bridgehead atoms. The molecule has 0 amide bonds. The van der Waals surface area contributed by atoms with Gasteiger partial charge >= 0.3 is 21.9 Å². The molecule has 0 aliphatic rings. The van der Waals surface area contributed by atoms with Crippen LogP contribution in [-0.2, 0) is 16.3 Å². The lowest BCUT2D eigenvalue weighted by Gasteiger charge is -2.11. The second kappa shape index (κ2) is 6.33. The van der Waals surface area contributed by atoms with Crippen LogP contribution in [-0.4, -0.2) is 8.42 Å². The maximum absolute atomic E-state index is 13.0. The maximum atomic E-state index is 13.0. The molecule has 5 nitrogen and oxygen atoms in total. The minimum absolute atomic E-state index is 0.0841. The second-order valence-corrected chi connectivity index (χ2v) is 7.02. The Kier molecular flexibility index (Phi) is 4.45. The molecule has 0 N–H and O–H groups in total. The fourth-order valence-corrected chi connectivity index (χ4v) is 3.67. The van der Waals surface area contributed by atoms with E-state index in [9.17, 15) is 26.4 Å². The summed E-state index contributed by atoms with van der Waals surface area (Å²) < 4.78 is 73.2. The number of alkyl halides is 3. The van der Waals surface area contributed by atoms with Crippen molar-refractivity contribution in [1.82, 2.24) is 0 Å². The van der Waals surface area contributed by atoms with Crippen LogP contribution in [0.3, 0.4) is 0 Å². The van der Waals surface area contributed by atoms with E-state index < -0.39 is 38.5 Å². The maximum Gasteiger partial charge on any atom is 0.417 e. The highest BCUT2D eigenvalue weighted by molar-refractivity contribution is 7.87. The molecule has 2 aromatic carbocycles. The highest BCUT2D eigenvalue weighted by Crippen LogP contribution is 2.35. The van der Waals surface area contributed by atoms with Crippen molar-refractivity contribution >= 4 is 32.7 Å². The minimum Gasteiger partial charge on any atom is -0.423 e. The molecule has 0 fully saturated rings. The fourth-order valence-electron chi connectivity index (χ4n) is 2.25. The summed E-state index contributed by atoms with van der Waals surface area (Å²) >= 11 is 5.82. The van der Waals surface area contributed by atoms with Crippen molar-refractivity contribution < 1.29 is 30.2 Å². The molecule has 3 aromatic rings. The molecule has 136 valence electrons. The van der Waals surface area contributed by atoms with Gasteiger partial charge in [0, 0.05) is 17.5 Å². The van der Waals surface area contributed by atoms with E-state index in [1.165, 1.54) is 24.3 Å². The van der Waals surface area contributed by atoms with Gasteiger partial charge in [0.05, 0.1) is 10.6 Å². The summed E-state index contributed by atoms with van der Waals surface area (Å²) in [5.74, 6) is -0.333. The molecule has 0 aliphatic carbocycles. The Balaban J connectivity index is 2.08. The fraction of sp³-hybridized carbons (Fsp3) is 0.0625. The molecule has 1 aromatic heterocycles. The Labute approximate surface area is 149 Å². The summed E-state index contributed by atoms with van der Waals surface area (Å²) in [6, 6.07) is 8.68. The molecule has 10 heteroatoms. The van der Waals surface area contributed by atoms with Crippen LogP contribution in [0.1, 0.15) is 5.56 Å². The van der Waals surface area contributed by atoms with Crippen LogP contribution in [0, 0.1) is 0 Å². The van der Waals surface area contributed by atoms with Crippen molar-refractivity contribution in [3.05, 3.63) is 69.5 Å². The average molecular weight is 405 g/mol. The van der Waals surface area contributed by atoms with E-state index in [-0.39, 0.29) is 15.7 Å². The van der Waals surface area contributed by atoms with Crippen LogP contribution < -0.4 is 9.81 Å². The zero-order valence-corrected chi connectivity index (χ0v) is 14.2. The molecular weight excluding hydrogens is 397 g/mol. The van der Waals surface area contributed by atoms with Gasteiger partial charge in [-0.2, -0.15) is 21.6 Å². The molecular formula is C16H8ClF3O5S. The van der Waals surface area contributed by atoms with Crippen molar-refractivity contribution in [2.75, 3.05) is 0 Å². The smallest absolute Gasteiger partial charge is 0.417 e. The van der Waals surface area contributed by atoms with Crippen molar-refractivity contribution in [1.29, 1.82) is 0 Å². The van der Waals surface area contributed by atoms with Gasteiger partial charge in [-0.25, -0.2) is 4.79 Å². The number of hydrogen-bond acceptors (Lipinski definition) is 5. The van der Waals surface area contributed by atoms with Gasteiger partial charge in [0.1, 0.15) is 16.2 Å². The Morgan fingerprint density at radius 3 is 2.38 bits per heavy atom. The molecule has 0 radical (unpaired) electrons. The van der Waals surface area contributed by atoms with Crippen molar-refractivity contribution in [2.45, 2.75) is 11.1 Å². The second-order valence-electron chi connectivity index (χ2n) is 5.10. The number of rotatable bonds is 3. The largest absolute Gasteiger partial charge is 0.423 e. The Hall–Kier alpha value is -2.52. The topological polar surface area (TPSA) is 73.6 Å². The highest BCUT2D eigenvalue weighted by atomic mass is 35.5. The summed E-state index contributed by atoms with van der Waals surface area (Å²) in [7, 11) is -4.34. The van der Waals surface area contributed by atoms with Gasteiger partial charge < -0.3 is 8.60 Å². The van der Waals surface area contributed by atoms with Crippen LogP contribution >= 0.6 is 11.6 Å². The predicted molar refractivity (Wildman–Crippen MR) is 86.8 cm³/mol. The number of hydrogen-bond donors (Lipinski definition) is 0. The average Bonchev–Trinajstić information content (AvgIpc) is 2.52. The van der Waals surface area contributed by atoms with Gasteiger partial charge in [-0.15, -0.1) is 0 Å². The third-order valence-corrected chi connectivity index (χ3v) is 5.08. The first-order valence-corrected chi connectivity index (χ1v) is 8.71. The van der Waals surface area contributed by atoms with E-state index in [1.807, 2.05) is 0 Å². The number of halogens is 4. The van der Waals surface area contributed by atoms with Crippen LogP contribution in [0.4, 0.5) is 13.2 Å². The third kappa shape index (κ3) is 3.54. The zero-order chi connectivity index (χ0) is 19.1. The van der Waals surface area contributed by atoms with Crippen LogP contribution in [0.25, 0.3) is 11.0 Å². The van der Waals surface area contributed by atoms with Crippen molar-refractivity contribution in [3.63, 3.8) is 0 Å². The predicted octanol–water partition coefficient (Wildman–Crippen LogP) is 4.23. The van der Waals surface area contributed by atoms with E-state index in [2.05, 4.69) is 0 Å². The van der Waals surface area contributed by atoms with Gasteiger partial charge in [0.2, 0.25) is 0 Å². The molecule has 0 spiro atoms. The van der Waals surface area contributed by atoms with Crippen LogP contribution in [0.5, 0.6) is 5.75 Å².